The lowest BCUT2D eigenvalue weighted by Crippen LogP contribution is -2.33. The summed E-state index contributed by atoms with van der Waals surface area (Å²) in [6.07, 6.45) is -3.03. The van der Waals surface area contributed by atoms with Crippen molar-refractivity contribution in [1.29, 1.82) is 0 Å². The highest BCUT2D eigenvalue weighted by Crippen LogP contribution is 2.42. The maximum atomic E-state index is 13.3. The summed E-state index contributed by atoms with van der Waals surface area (Å²) in [6.45, 7) is 5.27. The first-order valence-corrected chi connectivity index (χ1v) is 10.0. The number of hydrogen-bond donors (Lipinski definition) is 1. The van der Waals surface area contributed by atoms with Crippen LogP contribution in [0.1, 0.15) is 35.1 Å². The Hall–Kier alpha value is -3.06. The standard InChI is InChI=1S/C24H22F3NO3/c1-15(23(29)30)13-28-10-8-16(9-11-28)22-19-7-6-18(24(25,26)27)12-17(19)14-31-21-5-3-2-4-20(21)22/h2-7,12H,1,8-11,13-14H2,(H,29,30). The van der Waals surface area contributed by atoms with Crippen molar-refractivity contribution in [3.63, 3.8) is 0 Å². The van der Waals surface area contributed by atoms with Crippen LogP contribution >= 0.6 is 0 Å². The largest absolute Gasteiger partial charge is 0.488 e. The zero-order valence-electron chi connectivity index (χ0n) is 16.8. The van der Waals surface area contributed by atoms with Crippen molar-refractivity contribution in [3.05, 3.63) is 82.4 Å². The zero-order valence-corrected chi connectivity index (χ0v) is 16.8. The van der Waals surface area contributed by atoms with E-state index in [4.69, 9.17) is 9.84 Å². The fourth-order valence-electron chi connectivity index (χ4n) is 4.18. The first-order chi connectivity index (χ1) is 14.7. The summed E-state index contributed by atoms with van der Waals surface area (Å²) >= 11 is 0. The molecule has 31 heavy (non-hydrogen) atoms. The predicted molar refractivity (Wildman–Crippen MR) is 111 cm³/mol. The number of carbonyl (C=O) groups is 1. The maximum absolute atomic E-state index is 13.3. The molecule has 0 spiro atoms. The van der Waals surface area contributed by atoms with Crippen molar-refractivity contribution in [2.24, 2.45) is 0 Å². The molecule has 0 aromatic heterocycles. The van der Waals surface area contributed by atoms with Gasteiger partial charge in [0.05, 0.1) is 5.56 Å². The van der Waals surface area contributed by atoms with Crippen LogP contribution in [0, 0.1) is 0 Å². The molecule has 1 saturated heterocycles. The number of alkyl halides is 3. The first-order valence-electron chi connectivity index (χ1n) is 10.0. The van der Waals surface area contributed by atoms with Gasteiger partial charge >= 0.3 is 12.1 Å². The van der Waals surface area contributed by atoms with Crippen molar-refractivity contribution in [3.8, 4) is 5.75 Å². The topological polar surface area (TPSA) is 49.8 Å². The van der Waals surface area contributed by atoms with E-state index in [1.165, 1.54) is 6.07 Å². The molecule has 0 amide bonds. The number of likely N-dealkylation sites (tertiary alicyclic amines) is 1. The van der Waals surface area contributed by atoms with Gasteiger partial charge < -0.3 is 9.84 Å². The number of rotatable bonds is 3. The SMILES string of the molecule is C=C(CN1CCC(=C2c3ccc(C(F)(F)F)cc3COc3ccccc32)CC1)C(=O)O. The van der Waals surface area contributed by atoms with Gasteiger partial charge in [0.15, 0.2) is 0 Å². The summed E-state index contributed by atoms with van der Waals surface area (Å²) in [5.74, 6) is -0.357. The monoisotopic (exact) mass is 429 g/mol. The number of hydrogen-bond acceptors (Lipinski definition) is 3. The predicted octanol–water partition coefficient (Wildman–Crippen LogP) is 5.14. The highest BCUT2D eigenvalue weighted by atomic mass is 19.4. The van der Waals surface area contributed by atoms with Gasteiger partial charge in [-0.2, -0.15) is 13.2 Å². The van der Waals surface area contributed by atoms with E-state index >= 15 is 0 Å². The Morgan fingerprint density at radius 3 is 2.48 bits per heavy atom. The Labute approximate surface area is 178 Å². The molecule has 1 fully saturated rings. The van der Waals surface area contributed by atoms with Gasteiger partial charge in [0.2, 0.25) is 0 Å². The number of fused-ring (bicyclic) bond motifs is 2. The van der Waals surface area contributed by atoms with Gasteiger partial charge in [0, 0.05) is 30.8 Å². The molecule has 1 N–H and O–H groups in total. The van der Waals surface area contributed by atoms with Crippen LogP contribution in [-0.4, -0.2) is 35.6 Å². The second-order valence-electron chi connectivity index (χ2n) is 7.82. The van der Waals surface area contributed by atoms with E-state index < -0.39 is 17.7 Å². The van der Waals surface area contributed by atoms with Crippen LogP contribution in [0.4, 0.5) is 13.2 Å². The van der Waals surface area contributed by atoms with Crippen LogP contribution in [0.5, 0.6) is 5.75 Å². The van der Waals surface area contributed by atoms with Crippen molar-refractivity contribution >= 4 is 11.5 Å². The van der Waals surface area contributed by atoms with Gasteiger partial charge in [-0.05, 0) is 47.7 Å². The normalized spacial score (nSPS) is 16.7. The van der Waals surface area contributed by atoms with Crippen molar-refractivity contribution in [2.75, 3.05) is 19.6 Å². The lowest BCUT2D eigenvalue weighted by molar-refractivity contribution is -0.137. The lowest BCUT2D eigenvalue weighted by atomic mass is 9.86. The molecular weight excluding hydrogens is 407 g/mol. The van der Waals surface area contributed by atoms with E-state index in [9.17, 15) is 18.0 Å². The molecule has 2 aliphatic heterocycles. The van der Waals surface area contributed by atoms with E-state index in [1.54, 1.807) is 6.07 Å². The second kappa shape index (κ2) is 8.23. The third kappa shape index (κ3) is 4.37. The number of halogens is 3. The van der Waals surface area contributed by atoms with Crippen LogP contribution < -0.4 is 4.74 Å². The minimum atomic E-state index is -4.42. The average Bonchev–Trinajstić information content (AvgIpc) is 2.90. The maximum Gasteiger partial charge on any atom is 0.416 e. The molecule has 0 aliphatic carbocycles. The molecule has 2 aliphatic rings. The summed E-state index contributed by atoms with van der Waals surface area (Å²) in [7, 11) is 0. The van der Waals surface area contributed by atoms with Crippen LogP contribution in [0.2, 0.25) is 0 Å². The summed E-state index contributed by atoms with van der Waals surface area (Å²) in [5.41, 5.74) is 3.66. The van der Waals surface area contributed by atoms with E-state index in [0.717, 1.165) is 28.3 Å². The van der Waals surface area contributed by atoms with Gasteiger partial charge in [-0.15, -0.1) is 0 Å². The molecule has 0 saturated carbocycles. The molecular formula is C24H22F3NO3. The molecule has 0 unspecified atom stereocenters. The van der Waals surface area contributed by atoms with Crippen molar-refractivity contribution in [2.45, 2.75) is 25.6 Å². The van der Waals surface area contributed by atoms with E-state index in [1.807, 2.05) is 29.2 Å². The third-order valence-electron chi connectivity index (χ3n) is 5.77. The Balaban J connectivity index is 1.73. The smallest absolute Gasteiger partial charge is 0.416 e. The van der Waals surface area contributed by atoms with Crippen LogP contribution in [-0.2, 0) is 17.6 Å². The fourth-order valence-corrected chi connectivity index (χ4v) is 4.18. The van der Waals surface area contributed by atoms with Crippen LogP contribution in [0.25, 0.3) is 5.57 Å². The van der Waals surface area contributed by atoms with E-state index in [2.05, 4.69) is 6.58 Å². The fraction of sp³-hybridized carbons (Fsp3) is 0.292. The zero-order chi connectivity index (χ0) is 22.2. The average molecular weight is 429 g/mol. The summed E-state index contributed by atoms with van der Waals surface area (Å²) in [4.78, 5) is 13.1. The molecule has 0 radical (unpaired) electrons. The van der Waals surface area contributed by atoms with Gasteiger partial charge in [-0.3, -0.25) is 4.90 Å². The summed E-state index contributed by atoms with van der Waals surface area (Å²) < 4.78 is 45.7. The third-order valence-corrected chi connectivity index (χ3v) is 5.77. The number of benzene rings is 2. The molecule has 7 heteroatoms. The van der Waals surface area contributed by atoms with E-state index in [-0.39, 0.29) is 12.2 Å². The number of piperidine rings is 1. The summed E-state index contributed by atoms with van der Waals surface area (Å²) in [6, 6.07) is 11.3. The molecule has 2 aromatic rings. The Morgan fingerprint density at radius 1 is 1.10 bits per heavy atom. The minimum absolute atomic E-state index is 0.0671. The molecule has 2 aromatic carbocycles. The number of para-hydroxylation sites is 1. The number of nitrogens with zero attached hydrogens (tertiary/aromatic N) is 1. The minimum Gasteiger partial charge on any atom is -0.488 e. The second-order valence-corrected chi connectivity index (χ2v) is 7.82. The molecule has 4 rings (SSSR count). The molecule has 2 heterocycles. The highest BCUT2D eigenvalue weighted by Gasteiger charge is 2.32. The van der Waals surface area contributed by atoms with Crippen molar-refractivity contribution < 1.29 is 27.8 Å². The van der Waals surface area contributed by atoms with Gasteiger partial charge in [-0.1, -0.05) is 36.4 Å². The van der Waals surface area contributed by atoms with Crippen LogP contribution in [0.15, 0.2) is 60.2 Å². The Bertz CT molecular complexity index is 1060. The summed E-state index contributed by atoms with van der Waals surface area (Å²) in [5, 5.41) is 9.07. The van der Waals surface area contributed by atoms with Gasteiger partial charge in [0.25, 0.3) is 0 Å². The Morgan fingerprint density at radius 2 is 1.81 bits per heavy atom. The van der Waals surface area contributed by atoms with Gasteiger partial charge in [-0.25, -0.2) is 4.79 Å². The Kier molecular flexibility index (Phi) is 5.62. The number of aliphatic carboxylic acids is 1. The number of carboxylic acids is 1. The van der Waals surface area contributed by atoms with Gasteiger partial charge in [0.1, 0.15) is 12.4 Å². The van der Waals surface area contributed by atoms with Crippen molar-refractivity contribution in [1.82, 2.24) is 4.90 Å². The lowest BCUT2D eigenvalue weighted by Gasteiger charge is -2.30. The highest BCUT2D eigenvalue weighted by molar-refractivity contribution is 5.87. The number of carboxylic acid groups (broad SMARTS) is 1. The molecule has 4 nitrogen and oxygen atoms in total. The molecule has 162 valence electrons. The molecule has 0 bridgehead atoms. The molecule has 0 atom stereocenters. The van der Waals surface area contributed by atoms with Crippen LogP contribution in [0.3, 0.4) is 0 Å². The first kappa shape index (κ1) is 21.2. The number of ether oxygens (including phenoxy) is 1. The van der Waals surface area contributed by atoms with E-state index in [0.29, 0.717) is 43.8 Å². The quantitative estimate of drug-likeness (QED) is 0.687.